The van der Waals surface area contributed by atoms with Crippen LogP contribution in [0.25, 0.3) is 0 Å². The molecule has 0 saturated carbocycles. The van der Waals surface area contributed by atoms with E-state index >= 15 is 0 Å². The number of benzene rings is 1. The van der Waals surface area contributed by atoms with E-state index in [1.54, 1.807) is 10.9 Å². The van der Waals surface area contributed by atoms with Crippen LogP contribution in [0.4, 0.5) is 5.82 Å². The molecule has 3 heterocycles. The third kappa shape index (κ3) is 2.70. The monoisotopic (exact) mass is 371 g/mol. The van der Waals surface area contributed by atoms with Gasteiger partial charge in [0.05, 0.1) is 12.5 Å². The number of halogens is 1. The van der Waals surface area contributed by atoms with Crippen LogP contribution in [0.3, 0.4) is 0 Å². The lowest BCUT2D eigenvalue weighted by Gasteiger charge is -2.23. The van der Waals surface area contributed by atoms with Crippen molar-refractivity contribution < 1.29 is 9.21 Å². The maximum atomic E-state index is 12.2. The Kier molecular flexibility index (Phi) is 3.53. The Morgan fingerprint density at radius 1 is 1.35 bits per heavy atom. The molecule has 0 bridgehead atoms. The number of hydrogen-bond donors (Lipinski definition) is 1. The first-order valence-electron chi connectivity index (χ1n) is 7.34. The van der Waals surface area contributed by atoms with Crippen molar-refractivity contribution in [2.24, 2.45) is 0 Å². The highest BCUT2D eigenvalue weighted by Gasteiger charge is 2.30. The van der Waals surface area contributed by atoms with Crippen LogP contribution in [0.5, 0.6) is 0 Å². The molecule has 0 aliphatic carbocycles. The van der Waals surface area contributed by atoms with Gasteiger partial charge in [0, 0.05) is 22.4 Å². The van der Waals surface area contributed by atoms with Gasteiger partial charge >= 0.3 is 0 Å². The van der Waals surface area contributed by atoms with E-state index in [1.807, 2.05) is 36.5 Å². The van der Waals surface area contributed by atoms with Crippen molar-refractivity contribution in [3.8, 4) is 0 Å². The highest BCUT2D eigenvalue weighted by Crippen LogP contribution is 2.37. The van der Waals surface area contributed by atoms with Crippen LogP contribution in [0.1, 0.15) is 29.2 Å². The fourth-order valence-corrected chi connectivity index (χ4v) is 3.38. The highest BCUT2D eigenvalue weighted by molar-refractivity contribution is 9.10. The molecule has 2 aromatic heterocycles. The lowest BCUT2D eigenvalue weighted by Crippen LogP contribution is -2.25. The molecule has 0 fully saturated rings. The van der Waals surface area contributed by atoms with E-state index in [1.165, 1.54) is 0 Å². The summed E-state index contributed by atoms with van der Waals surface area (Å²) < 4.78 is 8.15. The zero-order valence-corrected chi connectivity index (χ0v) is 13.8. The molecule has 1 aromatic carbocycles. The number of fused-ring (bicyclic) bond motifs is 1. The van der Waals surface area contributed by atoms with Crippen molar-refractivity contribution in [2.45, 2.75) is 18.9 Å². The second kappa shape index (κ2) is 5.70. The minimum Gasteiger partial charge on any atom is -0.467 e. The number of hydrogen-bond acceptors (Lipinski definition) is 3. The molecule has 0 radical (unpaired) electrons. The molecule has 1 aliphatic rings. The van der Waals surface area contributed by atoms with Gasteiger partial charge in [0.2, 0.25) is 5.91 Å². The number of anilines is 1. The maximum Gasteiger partial charge on any atom is 0.226 e. The molecule has 0 unspecified atom stereocenters. The van der Waals surface area contributed by atoms with Crippen molar-refractivity contribution in [1.29, 1.82) is 0 Å². The van der Waals surface area contributed by atoms with Gasteiger partial charge in [-0.25, -0.2) is 4.68 Å². The maximum absolute atomic E-state index is 12.2. The van der Waals surface area contributed by atoms with Gasteiger partial charge in [-0.15, -0.1) is 0 Å². The smallest absolute Gasteiger partial charge is 0.226 e. The van der Waals surface area contributed by atoms with Gasteiger partial charge in [-0.3, -0.25) is 4.79 Å². The molecule has 1 N–H and O–H groups in total. The number of carbonyl (C=O) groups excluding carboxylic acids is 1. The molecule has 6 heteroatoms. The summed E-state index contributed by atoms with van der Waals surface area (Å²) in [6.45, 7) is 0.494. The third-order valence-corrected chi connectivity index (χ3v) is 4.52. The zero-order chi connectivity index (χ0) is 15.8. The van der Waals surface area contributed by atoms with Crippen LogP contribution in [-0.4, -0.2) is 15.7 Å². The first kappa shape index (κ1) is 14.3. The van der Waals surface area contributed by atoms with Gasteiger partial charge in [0.15, 0.2) is 0 Å². The van der Waals surface area contributed by atoms with Crippen LogP contribution in [0.2, 0.25) is 0 Å². The van der Waals surface area contributed by atoms with E-state index in [-0.39, 0.29) is 11.8 Å². The lowest BCUT2D eigenvalue weighted by atomic mass is 9.87. The van der Waals surface area contributed by atoms with E-state index in [2.05, 4.69) is 32.4 Å². The Balaban J connectivity index is 1.73. The van der Waals surface area contributed by atoms with E-state index in [0.29, 0.717) is 13.0 Å². The Bertz CT molecular complexity index is 855. The Labute approximate surface area is 141 Å². The first-order chi connectivity index (χ1) is 11.2. The Hall–Kier alpha value is -2.34. The van der Waals surface area contributed by atoms with Crippen molar-refractivity contribution in [2.75, 3.05) is 5.32 Å². The van der Waals surface area contributed by atoms with Crippen molar-refractivity contribution in [3.05, 3.63) is 70.2 Å². The molecule has 4 rings (SSSR count). The van der Waals surface area contributed by atoms with E-state index in [4.69, 9.17) is 4.42 Å². The number of nitrogens with zero attached hydrogens (tertiary/aromatic N) is 2. The second-order valence-electron chi connectivity index (χ2n) is 5.55. The van der Waals surface area contributed by atoms with E-state index in [0.717, 1.165) is 27.2 Å². The number of rotatable bonds is 3. The van der Waals surface area contributed by atoms with Crippen LogP contribution < -0.4 is 5.32 Å². The molecule has 5 nitrogen and oxygen atoms in total. The van der Waals surface area contributed by atoms with Crippen molar-refractivity contribution >= 4 is 27.7 Å². The molecule has 3 aromatic rings. The summed E-state index contributed by atoms with van der Waals surface area (Å²) in [5.41, 5.74) is 2.14. The number of nitrogens with one attached hydrogen (secondary N) is 1. The Morgan fingerprint density at radius 3 is 3.04 bits per heavy atom. The lowest BCUT2D eigenvalue weighted by molar-refractivity contribution is -0.116. The minimum atomic E-state index is 0.00340. The molecule has 1 amide bonds. The number of furan rings is 1. The average molecular weight is 372 g/mol. The fourth-order valence-electron chi connectivity index (χ4n) is 2.96. The normalized spacial score (nSPS) is 16.9. The molecule has 23 heavy (non-hydrogen) atoms. The average Bonchev–Trinajstić information content (AvgIpc) is 3.18. The molecule has 116 valence electrons. The zero-order valence-electron chi connectivity index (χ0n) is 12.2. The molecular weight excluding hydrogens is 358 g/mol. The molecular formula is C17H14BrN3O2. The van der Waals surface area contributed by atoms with E-state index < -0.39 is 0 Å². The van der Waals surface area contributed by atoms with Crippen molar-refractivity contribution in [3.63, 3.8) is 0 Å². The van der Waals surface area contributed by atoms with Gasteiger partial charge in [-0.1, -0.05) is 28.1 Å². The largest absolute Gasteiger partial charge is 0.467 e. The summed E-state index contributed by atoms with van der Waals surface area (Å²) >= 11 is 3.50. The van der Waals surface area contributed by atoms with Gasteiger partial charge in [0.25, 0.3) is 0 Å². The second-order valence-corrected chi connectivity index (χ2v) is 6.46. The van der Waals surface area contributed by atoms with Crippen LogP contribution >= 0.6 is 15.9 Å². The standard InChI is InChI=1S/C17H14BrN3O2/c18-12-4-1-3-11(7-12)14-8-16(22)20-17-15(14)9-19-21(17)10-13-5-2-6-23-13/h1-7,9,14H,8,10H2,(H,20,22)/t14-/m0/s1. The first-order valence-corrected chi connectivity index (χ1v) is 8.13. The number of aromatic nitrogens is 2. The summed E-state index contributed by atoms with van der Waals surface area (Å²) in [5.74, 6) is 1.57. The fraction of sp³-hybridized carbons (Fsp3) is 0.176. The molecule has 1 aliphatic heterocycles. The number of amides is 1. The summed E-state index contributed by atoms with van der Waals surface area (Å²) in [7, 11) is 0. The summed E-state index contributed by atoms with van der Waals surface area (Å²) in [6.07, 6.45) is 3.90. The van der Waals surface area contributed by atoms with Gasteiger partial charge in [-0.05, 0) is 29.8 Å². The van der Waals surface area contributed by atoms with Crippen LogP contribution in [-0.2, 0) is 11.3 Å². The summed E-state index contributed by atoms with van der Waals surface area (Å²) in [4.78, 5) is 12.2. The third-order valence-electron chi connectivity index (χ3n) is 4.03. The molecule has 0 spiro atoms. The van der Waals surface area contributed by atoms with Gasteiger partial charge < -0.3 is 9.73 Å². The SMILES string of the molecule is O=C1C[C@@H](c2cccc(Br)c2)c2cnn(Cc3ccco3)c2N1. The van der Waals surface area contributed by atoms with E-state index in [9.17, 15) is 4.79 Å². The minimum absolute atomic E-state index is 0.00340. The molecule has 1 atom stereocenters. The van der Waals surface area contributed by atoms with Gasteiger partial charge in [0.1, 0.15) is 18.1 Å². The quantitative estimate of drug-likeness (QED) is 0.762. The predicted octanol–water partition coefficient (Wildman–Crippen LogP) is 3.76. The van der Waals surface area contributed by atoms with Crippen LogP contribution in [0.15, 0.2) is 57.7 Å². The number of carbonyl (C=O) groups is 1. The summed E-state index contributed by atoms with van der Waals surface area (Å²) in [5, 5.41) is 7.38. The Morgan fingerprint density at radius 2 is 2.26 bits per heavy atom. The molecule has 0 saturated heterocycles. The summed E-state index contributed by atoms with van der Waals surface area (Å²) in [6, 6.07) is 11.8. The van der Waals surface area contributed by atoms with Crippen molar-refractivity contribution in [1.82, 2.24) is 9.78 Å². The van der Waals surface area contributed by atoms with Gasteiger partial charge in [-0.2, -0.15) is 5.10 Å². The predicted molar refractivity (Wildman–Crippen MR) is 89.3 cm³/mol. The highest BCUT2D eigenvalue weighted by atomic mass is 79.9. The topological polar surface area (TPSA) is 60.1 Å². The van der Waals surface area contributed by atoms with Crippen LogP contribution in [0, 0.1) is 0 Å².